The normalized spacial score (nSPS) is 17.1. The molecule has 0 atom stereocenters. The Hall–Kier alpha value is -1.82. The summed E-state index contributed by atoms with van der Waals surface area (Å²) in [7, 11) is 0. The van der Waals surface area contributed by atoms with Crippen molar-refractivity contribution >= 4 is 5.95 Å². The first-order valence-corrected chi connectivity index (χ1v) is 6.64. The molecule has 6 heteroatoms. The third-order valence-electron chi connectivity index (χ3n) is 3.59. The van der Waals surface area contributed by atoms with Crippen molar-refractivity contribution in [2.24, 2.45) is 5.73 Å². The van der Waals surface area contributed by atoms with Crippen molar-refractivity contribution in [2.75, 3.05) is 18.0 Å². The lowest BCUT2D eigenvalue weighted by Crippen LogP contribution is -2.40. The first kappa shape index (κ1) is 12.2. The monoisotopic (exact) mass is 261 g/mol. The SMILES string of the molecule is Cc1cc(-c2nc(N3CCC(N)CC3)n[nH]2)c(C)o1. The van der Waals surface area contributed by atoms with Gasteiger partial charge < -0.3 is 15.1 Å². The van der Waals surface area contributed by atoms with Crippen molar-refractivity contribution in [1.29, 1.82) is 0 Å². The van der Waals surface area contributed by atoms with E-state index in [1.807, 2.05) is 19.9 Å². The van der Waals surface area contributed by atoms with E-state index in [2.05, 4.69) is 20.1 Å². The van der Waals surface area contributed by atoms with Crippen molar-refractivity contribution in [2.45, 2.75) is 32.7 Å². The number of H-pyrrole nitrogens is 1. The summed E-state index contributed by atoms with van der Waals surface area (Å²) in [4.78, 5) is 6.73. The molecule has 2 aromatic rings. The zero-order chi connectivity index (χ0) is 13.4. The van der Waals surface area contributed by atoms with Crippen LogP contribution in [0.25, 0.3) is 11.4 Å². The molecule has 1 fully saturated rings. The molecule has 0 spiro atoms. The van der Waals surface area contributed by atoms with E-state index < -0.39 is 0 Å². The van der Waals surface area contributed by atoms with Gasteiger partial charge >= 0.3 is 0 Å². The summed E-state index contributed by atoms with van der Waals surface area (Å²) >= 11 is 0. The number of aromatic nitrogens is 3. The fourth-order valence-corrected chi connectivity index (χ4v) is 2.48. The van der Waals surface area contributed by atoms with Crippen LogP contribution in [0.15, 0.2) is 10.5 Å². The van der Waals surface area contributed by atoms with Crippen LogP contribution in [0.5, 0.6) is 0 Å². The Morgan fingerprint density at radius 3 is 2.74 bits per heavy atom. The van der Waals surface area contributed by atoms with E-state index in [9.17, 15) is 0 Å². The maximum atomic E-state index is 5.91. The zero-order valence-corrected chi connectivity index (χ0v) is 11.3. The van der Waals surface area contributed by atoms with Crippen LogP contribution in [0.1, 0.15) is 24.4 Å². The molecular weight excluding hydrogens is 242 g/mol. The Balaban J connectivity index is 1.81. The van der Waals surface area contributed by atoms with Crippen molar-refractivity contribution < 1.29 is 4.42 Å². The second kappa shape index (κ2) is 4.70. The van der Waals surface area contributed by atoms with Gasteiger partial charge in [0.1, 0.15) is 11.5 Å². The van der Waals surface area contributed by atoms with Crippen LogP contribution in [0.2, 0.25) is 0 Å². The Labute approximate surface area is 112 Å². The highest BCUT2D eigenvalue weighted by atomic mass is 16.3. The van der Waals surface area contributed by atoms with Gasteiger partial charge in [-0.2, -0.15) is 4.98 Å². The van der Waals surface area contributed by atoms with Crippen LogP contribution in [0, 0.1) is 13.8 Å². The molecule has 6 nitrogen and oxygen atoms in total. The van der Waals surface area contributed by atoms with Crippen molar-refractivity contribution in [1.82, 2.24) is 15.2 Å². The predicted molar refractivity (Wildman–Crippen MR) is 73.0 cm³/mol. The van der Waals surface area contributed by atoms with Gasteiger partial charge in [0, 0.05) is 19.1 Å². The summed E-state index contributed by atoms with van der Waals surface area (Å²) < 4.78 is 5.52. The molecule has 3 heterocycles. The number of aromatic amines is 1. The van der Waals surface area contributed by atoms with Crippen LogP contribution >= 0.6 is 0 Å². The number of furan rings is 1. The molecule has 1 aliphatic heterocycles. The summed E-state index contributed by atoms with van der Waals surface area (Å²) in [6.07, 6.45) is 1.99. The molecule has 1 saturated heterocycles. The number of anilines is 1. The maximum Gasteiger partial charge on any atom is 0.245 e. The van der Waals surface area contributed by atoms with Crippen LogP contribution in [-0.2, 0) is 0 Å². The fourth-order valence-electron chi connectivity index (χ4n) is 2.48. The van der Waals surface area contributed by atoms with Gasteiger partial charge in [0.05, 0.1) is 5.56 Å². The lowest BCUT2D eigenvalue weighted by molar-refractivity contribution is 0.496. The third-order valence-corrected chi connectivity index (χ3v) is 3.59. The second-order valence-corrected chi connectivity index (χ2v) is 5.14. The Morgan fingerprint density at radius 2 is 2.11 bits per heavy atom. The van der Waals surface area contributed by atoms with Gasteiger partial charge in [0.15, 0.2) is 5.82 Å². The second-order valence-electron chi connectivity index (χ2n) is 5.14. The van der Waals surface area contributed by atoms with E-state index in [-0.39, 0.29) is 0 Å². The minimum atomic E-state index is 0.313. The molecule has 3 rings (SSSR count). The van der Waals surface area contributed by atoms with Crippen LogP contribution in [0.3, 0.4) is 0 Å². The maximum absolute atomic E-state index is 5.91. The standard InChI is InChI=1S/C13H19N5O/c1-8-7-11(9(2)19-8)12-15-13(17-16-12)18-5-3-10(14)4-6-18/h7,10H,3-6,14H2,1-2H3,(H,15,16,17). The van der Waals surface area contributed by atoms with E-state index >= 15 is 0 Å². The van der Waals surface area contributed by atoms with Crippen molar-refractivity contribution in [3.8, 4) is 11.4 Å². The molecule has 19 heavy (non-hydrogen) atoms. The van der Waals surface area contributed by atoms with Gasteiger partial charge in [0.25, 0.3) is 0 Å². The number of hydrogen-bond acceptors (Lipinski definition) is 5. The molecule has 0 aliphatic carbocycles. The molecule has 0 amide bonds. The number of rotatable bonds is 2. The minimum Gasteiger partial charge on any atom is -0.466 e. The van der Waals surface area contributed by atoms with Crippen LogP contribution in [-0.4, -0.2) is 34.3 Å². The lowest BCUT2D eigenvalue weighted by Gasteiger charge is -2.28. The van der Waals surface area contributed by atoms with Crippen molar-refractivity contribution in [3.63, 3.8) is 0 Å². The van der Waals surface area contributed by atoms with E-state index in [0.717, 1.165) is 54.8 Å². The number of hydrogen-bond donors (Lipinski definition) is 2. The van der Waals surface area contributed by atoms with Gasteiger partial charge in [-0.05, 0) is 32.8 Å². The fraction of sp³-hybridized carbons (Fsp3) is 0.538. The highest BCUT2D eigenvalue weighted by molar-refractivity contribution is 5.59. The van der Waals surface area contributed by atoms with E-state index in [0.29, 0.717) is 6.04 Å². The molecule has 0 aromatic carbocycles. The Bertz CT molecular complexity index is 565. The Kier molecular flexibility index (Phi) is 3.02. The smallest absolute Gasteiger partial charge is 0.245 e. The van der Waals surface area contributed by atoms with E-state index in [1.54, 1.807) is 0 Å². The van der Waals surface area contributed by atoms with Gasteiger partial charge in [-0.1, -0.05) is 0 Å². The number of nitrogens with two attached hydrogens (primary N) is 1. The topological polar surface area (TPSA) is 84.0 Å². The van der Waals surface area contributed by atoms with Crippen molar-refractivity contribution in [3.05, 3.63) is 17.6 Å². The zero-order valence-electron chi connectivity index (χ0n) is 11.3. The summed E-state index contributed by atoms with van der Waals surface area (Å²) in [6.45, 7) is 5.70. The number of nitrogens with one attached hydrogen (secondary N) is 1. The van der Waals surface area contributed by atoms with Gasteiger partial charge in [-0.15, -0.1) is 5.10 Å². The molecule has 1 aliphatic rings. The summed E-state index contributed by atoms with van der Waals surface area (Å²) in [5, 5.41) is 7.29. The largest absolute Gasteiger partial charge is 0.466 e. The number of piperidine rings is 1. The molecule has 2 aromatic heterocycles. The molecular formula is C13H19N5O. The average Bonchev–Trinajstić information content (AvgIpc) is 2.97. The highest BCUT2D eigenvalue weighted by Crippen LogP contribution is 2.25. The summed E-state index contributed by atoms with van der Waals surface area (Å²) in [5.74, 6) is 3.26. The third kappa shape index (κ3) is 2.35. The molecule has 102 valence electrons. The first-order chi connectivity index (χ1) is 9.13. The molecule has 0 saturated carbocycles. The molecule has 0 unspecified atom stereocenters. The minimum absolute atomic E-state index is 0.313. The number of nitrogens with zero attached hydrogens (tertiary/aromatic N) is 3. The number of aryl methyl sites for hydroxylation is 2. The summed E-state index contributed by atoms with van der Waals surface area (Å²) in [5.41, 5.74) is 6.88. The first-order valence-electron chi connectivity index (χ1n) is 6.64. The van der Waals surface area contributed by atoms with Crippen LogP contribution in [0.4, 0.5) is 5.95 Å². The Morgan fingerprint density at radius 1 is 1.37 bits per heavy atom. The molecule has 0 bridgehead atoms. The molecule has 3 N–H and O–H groups in total. The predicted octanol–water partition coefficient (Wildman–Crippen LogP) is 1.61. The van der Waals surface area contributed by atoms with Crippen LogP contribution < -0.4 is 10.6 Å². The van der Waals surface area contributed by atoms with E-state index in [4.69, 9.17) is 10.2 Å². The van der Waals surface area contributed by atoms with Gasteiger partial charge in [0.2, 0.25) is 5.95 Å². The lowest BCUT2D eigenvalue weighted by atomic mass is 10.1. The quantitative estimate of drug-likeness (QED) is 0.858. The van der Waals surface area contributed by atoms with E-state index in [1.165, 1.54) is 0 Å². The average molecular weight is 261 g/mol. The summed E-state index contributed by atoms with van der Waals surface area (Å²) in [6, 6.07) is 2.29. The van der Waals surface area contributed by atoms with Gasteiger partial charge in [-0.3, -0.25) is 5.10 Å². The highest BCUT2D eigenvalue weighted by Gasteiger charge is 2.20. The molecule has 0 radical (unpaired) electrons. The van der Waals surface area contributed by atoms with Gasteiger partial charge in [-0.25, -0.2) is 0 Å².